The van der Waals surface area contributed by atoms with Crippen LogP contribution in [0.15, 0.2) is 36.5 Å². The summed E-state index contributed by atoms with van der Waals surface area (Å²) in [5, 5.41) is 56.5. The average Bonchev–Trinajstić information content (AvgIpc) is 2.42. The Kier molecular flexibility index (Phi) is 31.6. The third-order valence-corrected chi connectivity index (χ3v) is 1.07. The minimum absolute atomic E-state index is 0. The van der Waals surface area contributed by atoms with Crippen molar-refractivity contribution < 1.29 is 125 Å². The molecule has 0 aromatic carbocycles. The zero-order valence-electron chi connectivity index (χ0n) is 12.5. The summed E-state index contributed by atoms with van der Waals surface area (Å²) in [5.74, 6) is -9.28. The van der Waals surface area contributed by atoms with Crippen molar-refractivity contribution in [1.29, 1.82) is 0 Å². The molecule has 0 amide bonds. The van der Waals surface area contributed by atoms with Crippen LogP contribution < -0.4 is 30.6 Å². The van der Waals surface area contributed by atoms with Crippen molar-refractivity contribution in [1.82, 2.24) is 0 Å². The fraction of sp³-hybridized carbons (Fsp3) is 0. The molecule has 0 saturated carbocycles. The number of carboxylic acid groups (broad SMARTS) is 6. The molecule has 0 unspecified atom stereocenters. The Balaban J connectivity index is -0.0000000817. The largest absolute Gasteiger partial charge is 3.00 e. The predicted molar refractivity (Wildman–Crippen MR) is 57.5 cm³/mol. The Morgan fingerprint density at radius 1 is 0.346 bits per heavy atom. The molecule has 0 fully saturated rings. The van der Waals surface area contributed by atoms with E-state index in [-0.39, 0.29) is 65.4 Å². The maximum Gasteiger partial charge on any atom is 3.00 e. The van der Waals surface area contributed by atoms with Gasteiger partial charge in [0.15, 0.2) is 0 Å². The SMILES string of the molecule is O=C([O-])/C=C/C(=O)[O-].O=C([O-])/C=C/C(=O)[O-].O=C([O-])/C=C/C(=O)[O-].[Y+3].[Y+3]. The van der Waals surface area contributed by atoms with Crippen LogP contribution in [0.3, 0.4) is 0 Å². The van der Waals surface area contributed by atoms with Gasteiger partial charge in [0.1, 0.15) is 0 Å². The van der Waals surface area contributed by atoms with E-state index in [2.05, 4.69) is 0 Å². The number of aliphatic carboxylic acids is 6. The third-order valence-electron chi connectivity index (χ3n) is 1.07. The molecule has 0 N–H and O–H groups in total. The molecule has 0 aliphatic rings. The van der Waals surface area contributed by atoms with Crippen LogP contribution in [-0.4, -0.2) is 35.8 Å². The summed E-state index contributed by atoms with van der Waals surface area (Å²) in [6, 6.07) is 0. The van der Waals surface area contributed by atoms with Gasteiger partial charge in [-0.1, -0.05) is 0 Å². The smallest absolute Gasteiger partial charge is 0.545 e. The first-order chi connectivity index (χ1) is 10.9. The number of carbonyl (C=O) groups excluding carboxylic acids is 6. The Morgan fingerprint density at radius 2 is 0.423 bits per heavy atom. The van der Waals surface area contributed by atoms with Gasteiger partial charge in [-0.15, -0.1) is 0 Å². The van der Waals surface area contributed by atoms with Gasteiger partial charge in [0, 0.05) is 0 Å². The van der Waals surface area contributed by atoms with Crippen molar-refractivity contribution in [2.75, 3.05) is 0 Å². The monoisotopic (exact) mass is 520 g/mol. The number of carboxylic acids is 6. The van der Waals surface area contributed by atoms with E-state index in [1.807, 2.05) is 0 Å². The second-order valence-corrected chi connectivity index (χ2v) is 2.91. The van der Waals surface area contributed by atoms with E-state index < -0.39 is 35.8 Å². The molecule has 0 heterocycles. The van der Waals surface area contributed by atoms with Crippen LogP contribution in [0, 0.1) is 0 Å². The van der Waals surface area contributed by atoms with Crippen LogP contribution in [0.4, 0.5) is 0 Å². The predicted octanol–water partition coefficient (Wildman–Crippen LogP) is -8.88. The summed E-state index contributed by atoms with van der Waals surface area (Å²) in [7, 11) is 0. The van der Waals surface area contributed by atoms with E-state index in [1.54, 1.807) is 0 Å². The Hall–Kier alpha value is -1.75. The van der Waals surface area contributed by atoms with Crippen LogP contribution in [0.5, 0.6) is 0 Å². The zero-order valence-corrected chi connectivity index (χ0v) is 18.2. The van der Waals surface area contributed by atoms with Gasteiger partial charge in [-0.05, 0) is 36.5 Å². The van der Waals surface area contributed by atoms with Gasteiger partial charge in [-0.25, -0.2) is 0 Å². The van der Waals surface area contributed by atoms with Gasteiger partial charge in [-0.2, -0.15) is 0 Å². The van der Waals surface area contributed by atoms with Crippen molar-refractivity contribution in [3.63, 3.8) is 0 Å². The fourth-order valence-electron chi connectivity index (χ4n) is 0.408. The van der Waals surface area contributed by atoms with E-state index in [1.165, 1.54) is 0 Å². The Labute approximate surface area is 195 Å². The van der Waals surface area contributed by atoms with Gasteiger partial charge in [0.05, 0.1) is 35.8 Å². The van der Waals surface area contributed by atoms with Crippen LogP contribution in [0.2, 0.25) is 0 Å². The number of carbonyl (C=O) groups is 6. The van der Waals surface area contributed by atoms with Crippen molar-refractivity contribution in [2.24, 2.45) is 0 Å². The molecule has 0 spiro atoms. The molecule has 0 rings (SSSR count). The van der Waals surface area contributed by atoms with E-state index in [9.17, 15) is 59.4 Å². The standard InChI is InChI=1S/3C4H4O4.2Y/c3*5-3(6)1-2-4(7)8;;/h3*1-2H,(H,5,6)(H,7,8);;/q;;;2*+3/p-6/b3*2-1+;;. The van der Waals surface area contributed by atoms with Gasteiger partial charge in [0.25, 0.3) is 0 Å². The molecule has 0 radical (unpaired) electrons. The van der Waals surface area contributed by atoms with Gasteiger partial charge in [-0.3, -0.25) is 0 Å². The van der Waals surface area contributed by atoms with Crippen molar-refractivity contribution >= 4 is 35.8 Å². The maximum atomic E-state index is 9.41. The molecule has 0 aliphatic carbocycles. The molecule has 132 valence electrons. The first-order valence-corrected chi connectivity index (χ1v) is 5.18. The van der Waals surface area contributed by atoms with Crippen LogP contribution in [-0.2, 0) is 94.2 Å². The molecule has 0 bridgehead atoms. The maximum absolute atomic E-state index is 9.41. The summed E-state index contributed by atoms with van der Waals surface area (Å²) in [4.78, 5) is 56.5. The van der Waals surface area contributed by atoms with Gasteiger partial charge in [0.2, 0.25) is 0 Å². The summed E-state index contributed by atoms with van der Waals surface area (Å²) < 4.78 is 0. The van der Waals surface area contributed by atoms with Gasteiger partial charge < -0.3 is 59.4 Å². The molecule has 0 aromatic heterocycles. The summed E-state index contributed by atoms with van der Waals surface area (Å²) >= 11 is 0. The summed E-state index contributed by atoms with van der Waals surface area (Å²) in [6.45, 7) is 0. The number of hydrogen-bond acceptors (Lipinski definition) is 12. The molecule has 26 heavy (non-hydrogen) atoms. The number of rotatable bonds is 6. The van der Waals surface area contributed by atoms with Crippen molar-refractivity contribution in [2.45, 2.75) is 0 Å². The quantitative estimate of drug-likeness (QED) is 0.297. The van der Waals surface area contributed by atoms with Crippen LogP contribution >= 0.6 is 0 Å². The summed E-state index contributed by atoms with van der Waals surface area (Å²) in [6.07, 6.45) is 2.31. The molecule has 0 atom stereocenters. The van der Waals surface area contributed by atoms with E-state index in [0.29, 0.717) is 36.5 Å². The second-order valence-electron chi connectivity index (χ2n) is 2.91. The molecular weight excluding hydrogens is 514 g/mol. The van der Waals surface area contributed by atoms with Crippen LogP contribution in [0.25, 0.3) is 0 Å². The molecule has 0 aliphatic heterocycles. The van der Waals surface area contributed by atoms with E-state index >= 15 is 0 Å². The summed E-state index contributed by atoms with van der Waals surface area (Å²) in [5.41, 5.74) is 0. The average molecular weight is 520 g/mol. The molecule has 14 heteroatoms. The topological polar surface area (TPSA) is 241 Å². The molecule has 0 aromatic rings. The molecule has 12 nitrogen and oxygen atoms in total. The fourth-order valence-corrected chi connectivity index (χ4v) is 0.408. The van der Waals surface area contributed by atoms with Crippen LogP contribution in [0.1, 0.15) is 0 Å². The van der Waals surface area contributed by atoms with Gasteiger partial charge >= 0.3 is 65.4 Å². The minimum Gasteiger partial charge on any atom is -0.545 e. The first kappa shape index (κ1) is 35.4. The Morgan fingerprint density at radius 3 is 0.462 bits per heavy atom. The van der Waals surface area contributed by atoms with Crippen molar-refractivity contribution in [3.8, 4) is 0 Å². The van der Waals surface area contributed by atoms with E-state index in [4.69, 9.17) is 0 Å². The van der Waals surface area contributed by atoms with E-state index in [0.717, 1.165) is 0 Å². The van der Waals surface area contributed by atoms with Crippen molar-refractivity contribution in [3.05, 3.63) is 36.5 Å². The third kappa shape index (κ3) is 57.2. The zero-order chi connectivity index (χ0) is 19.7. The Bertz CT molecular complexity index is 448. The second kappa shape index (κ2) is 23.2. The number of hydrogen-bond donors (Lipinski definition) is 0. The molecule has 0 saturated heterocycles. The minimum atomic E-state index is -1.55. The molecular formula is C12H6O12Y2. The normalized spacial score (nSPS) is 8.77. The first-order valence-electron chi connectivity index (χ1n) is 5.18.